The summed E-state index contributed by atoms with van der Waals surface area (Å²) in [6.07, 6.45) is 7.13. The average Bonchev–Trinajstić information content (AvgIpc) is 3.53. The maximum atomic E-state index is 13.1. The highest BCUT2D eigenvalue weighted by atomic mass is 16.4. The van der Waals surface area contributed by atoms with E-state index in [0.29, 0.717) is 43.6 Å². The van der Waals surface area contributed by atoms with E-state index in [4.69, 9.17) is 9.83 Å². The smallest absolute Gasteiger partial charge is 0.309 e. The molecular weight excluding hydrogens is 498 g/mol. The molecule has 0 saturated heterocycles. The molecule has 0 spiro atoms. The standard InChI is InChI=1S/C27H33N9O3/c1-27(7-8-27)25-35-34-24(39-25)23(38)32-22-6-10-36(11-12-37)16-18-13-17(3-4-20(18)22)21-5-9-30-26(33-21)31-19(14-28)15-29-2/h3-5,9,13-15,22,28-29,37H,6-8,10-12,16H2,1-2H3,(H,32,38)(H,30,31,33)/b19-15+,28-14?. The Kier molecular flexibility index (Phi) is 7.66. The first-order chi connectivity index (χ1) is 18.9. The Morgan fingerprint density at radius 3 is 2.90 bits per heavy atom. The number of benzene rings is 1. The van der Waals surface area contributed by atoms with Crippen LogP contribution in [0, 0.1) is 5.41 Å². The summed E-state index contributed by atoms with van der Waals surface area (Å²) in [5.41, 5.74) is 4.05. The molecule has 0 radical (unpaired) electrons. The van der Waals surface area contributed by atoms with Gasteiger partial charge >= 0.3 is 11.8 Å². The predicted molar refractivity (Wildman–Crippen MR) is 145 cm³/mol. The summed E-state index contributed by atoms with van der Waals surface area (Å²) in [6, 6.07) is 7.62. The van der Waals surface area contributed by atoms with E-state index in [0.717, 1.165) is 35.2 Å². The van der Waals surface area contributed by atoms with Crippen LogP contribution in [-0.2, 0) is 12.0 Å². The molecule has 12 nitrogen and oxygen atoms in total. The van der Waals surface area contributed by atoms with E-state index >= 15 is 0 Å². The molecule has 1 atom stereocenters. The van der Waals surface area contributed by atoms with Crippen molar-refractivity contribution in [3.8, 4) is 11.3 Å². The highest BCUT2D eigenvalue weighted by Gasteiger charge is 2.44. The van der Waals surface area contributed by atoms with E-state index in [1.54, 1.807) is 19.4 Å². The van der Waals surface area contributed by atoms with Gasteiger partial charge in [-0.05, 0) is 42.5 Å². The minimum atomic E-state index is -0.392. The quantitative estimate of drug-likeness (QED) is 0.245. The second kappa shape index (κ2) is 11.3. The maximum absolute atomic E-state index is 13.1. The summed E-state index contributed by atoms with van der Waals surface area (Å²) >= 11 is 0. The number of hydrogen-bond acceptors (Lipinski definition) is 11. The fourth-order valence-electron chi connectivity index (χ4n) is 4.67. The van der Waals surface area contributed by atoms with Gasteiger partial charge in [0, 0.05) is 56.3 Å². The third-order valence-corrected chi connectivity index (χ3v) is 7.17. The lowest BCUT2D eigenvalue weighted by Gasteiger charge is -2.19. The molecule has 39 heavy (non-hydrogen) atoms. The summed E-state index contributed by atoms with van der Waals surface area (Å²) in [5.74, 6) is 0.473. The van der Waals surface area contributed by atoms with E-state index in [9.17, 15) is 9.90 Å². The summed E-state index contributed by atoms with van der Waals surface area (Å²) in [7, 11) is 1.75. The van der Waals surface area contributed by atoms with Crippen molar-refractivity contribution in [1.82, 2.24) is 35.7 Å². The molecule has 0 bridgehead atoms. The van der Waals surface area contributed by atoms with Gasteiger partial charge in [-0.3, -0.25) is 9.69 Å². The molecule has 3 heterocycles. The summed E-state index contributed by atoms with van der Waals surface area (Å²) < 4.78 is 5.71. The topological polar surface area (TPSA) is 165 Å². The van der Waals surface area contributed by atoms with E-state index in [-0.39, 0.29) is 24.0 Å². The second-order valence-electron chi connectivity index (χ2n) is 10.1. The normalized spacial score (nSPS) is 18.5. The lowest BCUT2D eigenvalue weighted by atomic mass is 9.96. The van der Waals surface area contributed by atoms with Gasteiger partial charge in [0.05, 0.1) is 24.0 Å². The lowest BCUT2D eigenvalue weighted by Crippen LogP contribution is -2.31. The Hall–Kier alpha value is -4.16. The number of hydrogen-bond donors (Lipinski definition) is 5. The number of allylic oxidation sites excluding steroid dienone is 1. The number of β-amino-alcohol motifs (C(OH)–C–C–N with tert-alkyl or cyclic N) is 1. The number of fused-ring (bicyclic) bond motifs is 1. The van der Waals surface area contributed by atoms with Crippen LogP contribution in [0.1, 0.15) is 59.9 Å². The third-order valence-electron chi connectivity index (χ3n) is 7.17. The van der Waals surface area contributed by atoms with Gasteiger partial charge in [0.25, 0.3) is 0 Å². The van der Waals surface area contributed by atoms with Crippen LogP contribution in [-0.4, -0.2) is 69.0 Å². The van der Waals surface area contributed by atoms with E-state index in [1.807, 2.05) is 18.2 Å². The van der Waals surface area contributed by atoms with Crippen molar-refractivity contribution in [1.29, 1.82) is 5.41 Å². The number of nitrogens with one attached hydrogen (secondary N) is 4. The minimum absolute atomic E-state index is 0.0228. The van der Waals surface area contributed by atoms with Gasteiger partial charge in [0.2, 0.25) is 11.8 Å². The van der Waals surface area contributed by atoms with E-state index in [1.165, 1.54) is 6.21 Å². The van der Waals surface area contributed by atoms with Crippen molar-refractivity contribution in [2.45, 2.75) is 44.2 Å². The number of aromatic nitrogens is 4. The third kappa shape index (κ3) is 5.96. The van der Waals surface area contributed by atoms with Gasteiger partial charge < -0.3 is 30.9 Å². The molecule has 2 aliphatic rings. The minimum Gasteiger partial charge on any atom is -0.416 e. The Labute approximate surface area is 226 Å². The Bertz CT molecular complexity index is 1380. The van der Waals surface area contributed by atoms with Crippen LogP contribution in [0.4, 0.5) is 5.95 Å². The first-order valence-electron chi connectivity index (χ1n) is 13.0. The number of carbonyl (C=O) groups excluding carboxylic acids is 1. The van der Waals surface area contributed by atoms with Crippen molar-refractivity contribution in [2.75, 3.05) is 32.1 Å². The van der Waals surface area contributed by atoms with Crippen molar-refractivity contribution in [3.05, 3.63) is 65.3 Å². The number of rotatable bonds is 10. The van der Waals surface area contributed by atoms with Gasteiger partial charge in [0.1, 0.15) is 0 Å². The molecule has 5 rings (SSSR count). The number of anilines is 1. The van der Waals surface area contributed by atoms with Crippen LogP contribution in [0.3, 0.4) is 0 Å². The number of amides is 1. The zero-order valence-corrected chi connectivity index (χ0v) is 22.1. The predicted octanol–water partition coefficient (Wildman–Crippen LogP) is 2.37. The van der Waals surface area contributed by atoms with Crippen molar-refractivity contribution in [2.24, 2.45) is 0 Å². The zero-order valence-electron chi connectivity index (χ0n) is 22.1. The molecule has 5 N–H and O–H groups in total. The van der Waals surface area contributed by atoms with E-state index < -0.39 is 5.91 Å². The molecule has 1 aliphatic heterocycles. The molecule has 3 aromatic rings. The first kappa shape index (κ1) is 26.4. The lowest BCUT2D eigenvalue weighted by molar-refractivity contribution is 0.0894. The van der Waals surface area contributed by atoms with Crippen LogP contribution < -0.4 is 16.0 Å². The Morgan fingerprint density at radius 2 is 2.15 bits per heavy atom. The molecule has 1 saturated carbocycles. The Balaban J connectivity index is 1.40. The monoisotopic (exact) mass is 531 g/mol. The van der Waals surface area contributed by atoms with Gasteiger partial charge in [0.15, 0.2) is 0 Å². The van der Waals surface area contributed by atoms with Crippen LogP contribution in [0.25, 0.3) is 11.3 Å². The van der Waals surface area contributed by atoms with Crippen LogP contribution in [0.15, 0.2) is 46.8 Å². The summed E-state index contributed by atoms with van der Waals surface area (Å²) in [6.45, 7) is 3.96. The van der Waals surface area contributed by atoms with Gasteiger partial charge in [-0.1, -0.05) is 19.1 Å². The number of nitrogens with zero attached hydrogens (tertiary/aromatic N) is 5. The van der Waals surface area contributed by atoms with Crippen molar-refractivity contribution < 1.29 is 14.3 Å². The molecule has 1 amide bonds. The summed E-state index contributed by atoms with van der Waals surface area (Å²) in [5, 5.41) is 34.2. The van der Waals surface area contributed by atoms with Crippen LogP contribution in [0.2, 0.25) is 0 Å². The summed E-state index contributed by atoms with van der Waals surface area (Å²) in [4.78, 5) is 24.1. The molecular formula is C27H33N9O3. The molecule has 204 valence electrons. The fourth-order valence-corrected chi connectivity index (χ4v) is 4.67. The van der Waals surface area contributed by atoms with E-state index in [2.05, 4.69) is 54.0 Å². The average molecular weight is 532 g/mol. The molecule has 1 aliphatic carbocycles. The van der Waals surface area contributed by atoms with Crippen molar-refractivity contribution in [3.63, 3.8) is 0 Å². The SMILES string of the molecule is CN/C=C(\C=N)Nc1nccc(-c2ccc3c(c2)CN(CCO)CCC3NC(=O)c2nnc(C3(C)CC3)o2)n1. The fraction of sp³-hybridized carbons (Fsp3) is 0.407. The molecule has 1 unspecified atom stereocenters. The molecule has 2 aromatic heterocycles. The number of aliphatic hydroxyl groups is 1. The van der Waals surface area contributed by atoms with Gasteiger partial charge in [-0.2, -0.15) is 0 Å². The highest BCUT2D eigenvalue weighted by molar-refractivity contribution is 5.89. The van der Waals surface area contributed by atoms with Crippen LogP contribution >= 0.6 is 0 Å². The molecule has 1 fully saturated rings. The molecule has 1 aromatic carbocycles. The number of aliphatic hydroxyl groups excluding tert-OH is 1. The first-order valence-corrected chi connectivity index (χ1v) is 13.0. The van der Waals surface area contributed by atoms with Crippen molar-refractivity contribution >= 4 is 18.1 Å². The second-order valence-corrected chi connectivity index (χ2v) is 10.1. The van der Waals surface area contributed by atoms with Crippen LogP contribution in [0.5, 0.6) is 0 Å². The molecule has 12 heteroatoms. The van der Waals surface area contributed by atoms with Gasteiger partial charge in [-0.25, -0.2) is 9.97 Å². The number of carbonyl (C=O) groups is 1. The zero-order chi connectivity index (χ0) is 27.4. The maximum Gasteiger partial charge on any atom is 0.309 e. The van der Waals surface area contributed by atoms with Gasteiger partial charge in [-0.15, -0.1) is 10.2 Å². The Morgan fingerprint density at radius 1 is 1.31 bits per heavy atom. The largest absolute Gasteiger partial charge is 0.416 e. The highest BCUT2D eigenvalue weighted by Crippen LogP contribution is 2.46.